The predicted molar refractivity (Wildman–Crippen MR) is 73.5 cm³/mol. The quantitative estimate of drug-likeness (QED) is 0.331. The van der Waals surface area contributed by atoms with Gasteiger partial charge in [0.15, 0.2) is 0 Å². The minimum absolute atomic E-state index is 0. The van der Waals surface area contributed by atoms with Crippen molar-refractivity contribution < 1.29 is 71.6 Å². The van der Waals surface area contributed by atoms with Crippen molar-refractivity contribution in [2.24, 2.45) is 0 Å². The van der Waals surface area contributed by atoms with E-state index in [1.165, 1.54) is 44.9 Å². The van der Waals surface area contributed by atoms with Gasteiger partial charge >= 0.3 is 51.4 Å². The van der Waals surface area contributed by atoms with E-state index in [4.69, 9.17) is 0 Å². The van der Waals surface area contributed by atoms with Gasteiger partial charge in [-0.2, -0.15) is 0 Å². The van der Waals surface area contributed by atoms with Crippen LogP contribution in [0.25, 0.3) is 0 Å². The number of unbranched alkanes of at least 4 members (excludes halogenated alkanes) is 8. The Morgan fingerprint density at radius 2 is 1.35 bits per heavy atom. The molecule has 6 heteroatoms. The molecule has 0 heterocycles. The van der Waals surface area contributed by atoms with Crippen LogP contribution in [0.4, 0.5) is 0 Å². The van der Waals surface area contributed by atoms with Gasteiger partial charge in [-0.3, -0.25) is 4.79 Å². The minimum atomic E-state index is -1.24. The molecule has 114 valence electrons. The molecule has 0 atom stereocenters. The van der Waals surface area contributed by atoms with Crippen molar-refractivity contribution in [2.45, 2.75) is 71.1 Å². The maximum atomic E-state index is 11.2. The summed E-state index contributed by atoms with van der Waals surface area (Å²) in [4.78, 5) is 21.3. The number of rotatable bonds is 12. The van der Waals surface area contributed by atoms with E-state index in [1.54, 1.807) is 0 Å². The van der Waals surface area contributed by atoms with Crippen molar-refractivity contribution in [1.29, 1.82) is 0 Å². The average molecular weight is 313 g/mol. The molecule has 0 unspecified atom stereocenters. The van der Waals surface area contributed by atoms with Crippen LogP contribution < -0.4 is 61.8 Å². The van der Waals surface area contributed by atoms with Crippen LogP contribution in [0.2, 0.25) is 0 Å². The second kappa shape index (κ2) is 19.5. The van der Waals surface area contributed by atoms with E-state index in [1.807, 2.05) is 0 Å². The first kappa shape index (κ1) is 25.5. The molecule has 0 bridgehead atoms. The summed E-state index contributed by atoms with van der Waals surface area (Å²) < 4.78 is 0. The third kappa shape index (κ3) is 20.8. The molecule has 0 spiro atoms. The Morgan fingerprint density at radius 1 is 0.900 bits per heavy atom. The van der Waals surface area contributed by atoms with Crippen molar-refractivity contribution in [3.63, 3.8) is 0 Å². The fourth-order valence-corrected chi connectivity index (χ4v) is 1.86. The second-order valence-electron chi connectivity index (χ2n) is 4.73. The molecular formula is C14H28KNO4. The van der Waals surface area contributed by atoms with E-state index in [2.05, 4.69) is 12.2 Å². The van der Waals surface area contributed by atoms with Crippen molar-refractivity contribution in [2.75, 3.05) is 6.54 Å². The van der Waals surface area contributed by atoms with Crippen molar-refractivity contribution >= 4 is 11.9 Å². The molecule has 0 aromatic heterocycles. The molecule has 0 rings (SSSR count). The van der Waals surface area contributed by atoms with Crippen LogP contribution in [0.3, 0.4) is 0 Å². The van der Waals surface area contributed by atoms with Crippen molar-refractivity contribution in [3.8, 4) is 0 Å². The summed E-state index contributed by atoms with van der Waals surface area (Å²) in [6.45, 7) is 1.84. The Labute approximate surface area is 165 Å². The third-order valence-electron chi connectivity index (χ3n) is 2.94. The monoisotopic (exact) mass is 313 g/mol. The number of hydrogen-bond donors (Lipinski definition) is 1. The van der Waals surface area contributed by atoms with Crippen LogP contribution in [0.15, 0.2) is 0 Å². The second-order valence-corrected chi connectivity index (χ2v) is 4.73. The Kier molecular flexibility index (Phi) is 24.9. The summed E-state index contributed by atoms with van der Waals surface area (Å²) in [6, 6.07) is 0. The van der Waals surface area contributed by atoms with E-state index in [0.717, 1.165) is 12.8 Å². The Bertz CT molecular complexity index is 237. The smallest absolute Gasteiger partial charge is 0.548 e. The van der Waals surface area contributed by atoms with Crippen molar-refractivity contribution in [1.82, 2.24) is 5.32 Å². The zero-order chi connectivity index (χ0) is 13.6. The molecule has 0 aliphatic rings. The summed E-state index contributed by atoms with van der Waals surface area (Å²) >= 11 is 0. The Morgan fingerprint density at radius 3 is 1.80 bits per heavy atom. The molecule has 0 saturated carbocycles. The van der Waals surface area contributed by atoms with Gasteiger partial charge < -0.3 is 20.7 Å². The van der Waals surface area contributed by atoms with Crippen LogP contribution in [-0.2, 0) is 9.59 Å². The molecular weight excluding hydrogens is 285 g/mol. The number of carboxylic acid groups (broad SMARTS) is 1. The summed E-state index contributed by atoms with van der Waals surface area (Å²) in [5.41, 5.74) is 0. The number of nitrogens with one attached hydrogen (secondary N) is 1. The van der Waals surface area contributed by atoms with Gasteiger partial charge in [-0.1, -0.05) is 58.3 Å². The van der Waals surface area contributed by atoms with E-state index in [0.29, 0.717) is 6.42 Å². The van der Waals surface area contributed by atoms with Gasteiger partial charge in [0.2, 0.25) is 5.91 Å². The normalized spacial score (nSPS) is 9.25. The third-order valence-corrected chi connectivity index (χ3v) is 2.94. The number of carboxylic acids is 1. The standard InChI is InChI=1S/C14H27NO3.K.H2O/c1-2-3-4-5-6-7-8-9-10-11-13(16)15-12-14(17)18;;/h2-12H2,1H3,(H,15,16)(H,17,18);;1H2/q;+1;/p-1. The van der Waals surface area contributed by atoms with Crippen LogP contribution >= 0.6 is 0 Å². The summed E-state index contributed by atoms with van der Waals surface area (Å²) in [5, 5.41) is 12.4. The van der Waals surface area contributed by atoms with Crippen LogP contribution in [0.1, 0.15) is 71.1 Å². The van der Waals surface area contributed by atoms with Gasteiger partial charge in [-0.15, -0.1) is 0 Å². The Hall–Kier alpha value is 0.536. The zero-order valence-electron chi connectivity index (χ0n) is 13.0. The van der Waals surface area contributed by atoms with Gasteiger partial charge in [0.05, 0.1) is 12.5 Å². The Balaban J connectivity index is -0.00000144. The van der Waals surface area contributed by atoms with Gasteiger partial charge in [-0.05, 0) is 6.42 Å². The topological polar surface area (TPSA) is 101 Å². The molecule has 0 aromatic carbocycles. The number of amides is 1. The molecule has 0 aliphatic carbocycles. The largest absolute Gasteiger partial charge is 1.00 e. The number of carbonyl (C=O) groups excluding carboxylic acids is 2. The van der Waals surface area contributed by atoms with Gasteiger partial charge in [0, 0.05) is 6.42 Å². The first-order chi connectivity index (χ1) is 8.66. The maximum Gasteiger partial charge on any atom is 1.00 e. The molecule has 0 fully saturated rings. The van der Waals surface area contributed by atoms with Crippen LogP contribution in [-0.4, -0.2) is 23.9 Å². The van der Waals surface area contributed by atoms with E-state index < -0.39 is 5.97 Å². The van der Waals surface area contributed by atoms with E-state index >= 15 is 0 Å². The van der Waals surface area contributed by atoms with Gasteiger partial charge in [-0.25, -0.2) is 0 Å². The maximum absolute atomic E-state index is 11.2. The van der Waals surface area contributed by atoms with Crippen molar-refractivity contribution in [3.05, 3.63) is 0 Å². The first-order valence-corrected chi connectivity index (χ1v) is 7.13. The molecule has 1 amide bonds. The molecule has 0 saturated heterocycles. The van der Waals surface area contributed by atoms with Gasteiger partial charge in [0.25, 0.3) is 0 Å². The molecule has 3 N–H and O–H groups in total. The first-order valence-electron chi connectivity index (χ1n) is 7.13. The predicted octanol–water partition coefficient (Wildman–Crippen LogP) is -2.05. The fraction of sp³-hybridized carbons (Fsp3) is 0.857. The summed E-state index contributed by atoms with van der Waals surface area (Å²) in [7, 11) is 0. The average Bonchev–Trinajstić information content (AvgIpc) is 2.34. The minimum Gasteiger partial charge on any atom is -0.548 e. The SMILES string of the molecule is CCCCCCCCCCCC(=O)NCC(=O)[O-].O.[K+]. The number of carbonyl (C=O) groups is 2. The number of hydrogen-bond acceptors (Lipinski definition) is 3. The number of aliphatic carboxylic acids is 1. The summed E-state index contributed by atoms with van der Waals surface area (Å²) in [6.07, 6.45) is 11.3. The molecule has 0 radical (unpaired) electrons. The molecule has 0 aliphatic heterocycles. The summed E-state index contributed by atoms with van der Waals surface area (Å²) in [5.74, 6) is -1.43. The van der Waals surface area contributed by atoms with E-state index in [-0.39, 0.29) is 69.3 Å². The van der Waals surface area contributed by atoms with Crippen LogP contribution in [0.5, 0.6) is 0 Å². The molecule has 5 nitrogen and oxygen atoms in total. The molecule has 20 heavy (non-hydrogen) atoms. The fourth-order valence-electron chi connectivity index (χ4n) is 1.86. The van der Waals surface area contributed by atoms with E-state index in [9.17, 15) is 14.7 Å². The zero-order valence-corrected chi connectivity index (χ0v) is 16.1. The molecule has 0 aromatic rings. The van der Waals surface area contributed by atoms with Crippen LogP contribution in [0, 0.1) is 0 Å². The van der Waals surface area contributed by atoms with Gasteiger partial charge in [0.1, 0.15) is 0 Å².